The van der Waals surface area contributed by atoms with E-state index in [0.717, 1.165) is 10.4 Å². The van der Waals surface area contributed by atoms with E-state index in [0.29, 0.717) is 16.2 Å². The van der Waals surface area contributed by atoms with Gasteiger partial charge in [0, 0.05) is 10.4 Å². The predicted molar refractivity (Wildman–Crippen MR) is 120 cm³/mol. The zero-order valence-electron chi connectivity index (χ0n) is 17.5. The molecule has 0 aliphatic rings. The lowest BCUT2D eigenvalue weighted by Gasteiger charge is -2.10. The normalized spacial score (nSPS) is 10.5. The Morgan fingerprint density at radius 1 is 0.906 bits per heavy atom. The van der Waals surface area contributed by atoms with Crippen molar-refractivity contribution in [3.05, 3.63) is 76.9 Å². The van der Waals surface area contributed by atoms with Gasteiger partial charge in [-0.05, 0) is 67.9 Å². The van der Waals surface area contributed by atoms with Gasteiger partial charge in [-0.25, -0.2) is 4.39 Å². The largest absolute Gasteiger partial charge is 0.491 e. The van der Waals surface area contributed by atoms with E-state index in [9.17, 15) is 18.8 Å². The molecule has 0 saturated heterocycles. The number of halogens is 1. The number of hydrogen-bond acceptors (Lipinski definition) is 5. The third-order valence-corrected chi connectivity index (χ3v) is 5.30. The molecule has 0 aliphatic carbocycles. The molecule has 3 N–H and O–H groups in total. The van der Waals surface area contributed by atoms with Gasteiger partial charge >= 0.3 is 0 Å². The second-order valence-corrected chi connectivity index (χ2v) is 8.13. The van der Waals surface area contributed by atoms with E-state index in [4.69, 9.17) is 4.74 Å². The lowest BCUT2D eigenvalue weighted by molar-refractivity contribution is -0.120. The molecule has 7 nitrogen and oxygen atoms in total. The van der Waals surface area contributed by atoms with Crippen LogP contribution in [0.15, 0.2) is 60.7 Å². The Morgan fingerprint density at radius 2 is 1.59 bits per heavy atom. The molecule has 0 atom stereocenters. The minimum atomic E-state index is -0.582. The van der Waals surface area contributed by atoms with E-state index in [2.05, 4.69) is 16.2 Å². The lowest BCUT2D eigenvalue weighted by atomic mass is 10.2. The number of nitrogens with one attached hydrogen (secondary N) is 3. The van der Waals surface area contributed by atoms with Crippen LogP contribution in [0.1, 0.15) is 33.9 Å². The second kappa shape index (κ2) is 10.5. The summed E-state index contributed by atoms with van der Waals surface area (Å²) in [6.45, 7) is 3.50. The summed E-state index contributed by atoms with van der Waals surface area (Å²) in [5, 5.41) is 2.48. The molecule has 0 saturated carbocycles. The first-order valence-electron chi connectivity index (χ1n) is 9.81. The molecule has 1 aromatic heterocycles. The molecule has 0 spiro atoms. The molecule has 0 bridgehead atoms. The SMILES string of the molecule is CC(C)Oc1ccc(C(=O)NCC(=O)NNC(=O)c2ccc(-c3ccc(F)cc3)s2)cc1. The average molecular weight is 456 g/mol. The molecule has 32 heavy (non-hydrogen) atoms. The van der Waals surface area contributed by atoms with Crippen molar-refractivity contribution in [1.82, 2.24) is 16.2 Å². The molecule has 0 aliphatic heterocycles. The lowest BCUT2D eigenvalue weighted by Crippen LogP contribution is -2.46. The molecule has 3 aromatic rings. The van der Waals surface area contributed by atoms with Crippen molar-refractivity contribution in [3.63, 3.8) is 0 Å². The van der Waals surface area contributed by atoms with Gasteiger partial charge in [-0.2, -0.15) is 0 Å². The molecule has 3 rings (SSSR count). The molecule has 0 fully saturated rings. The summed E-state index contributed by atoms with van der Waals surface area (Å²) in [7, 11) is 0. The van der Waals surface area contributed by atoms with Crippen LogP contribution in [0.2, 0.25) is 0 Å². The molecule has 166 valence electrons. The van der Waals surface area contributed by atoms with Crippen molar-refractivity contribution in [1.29, 1.82) is 0 Å². The topological polar surface area (TPSA) is 96.5 Å². The highest BCUT2D eigenvalue weighted by Crippen LogP contribution is 2.28. The van der Waals surface area contributed by atoms with Gasteiger partial charge < -0.3 is 10.1 Å². The van der Waals surface area contributed by atoms with Gasteiger partial charge in [-0.15, -0.1) is 11.3 Å². The van der Waals surface area contributed by atoms with Crippen LogP contribution < -0.4 is 20.9 Å². The van der Waals surface area contributed by atoms with Crippen LogP contribution in [0.5, 0.6) is 5.75 Å². The smallest absolute Gasteiger partial charge is 0.279 e. The van der Waals surface area contributed by atoms with Gasteiger partial charge in [-0.3, -0.25) is 25.2 Å². The summed E-state index contributed by atoms with van der Waals surface area (Å²) in [5.74, 6) is -1.20. The Balaban J connectivity index is 1.45. The predicted octanol–water partition coefficient (Wildman–Crippen LogP) is 3.53. The summed E-state index contributed by atoms with van der Waals surface area (Å²) in [5.41, 5.74) is 5.73. The minimum absolute atomic E-state index is 0.0252. The van der Waals surface area contributed by atoms with E-state index >= 15 is 0 Å². The van der Waals surface area contributed by atoms with Gasteiger partial charge in [0.1, 0.15) is 11.6 Å². The molecule has 0 radical (unpaired) electrons. The standard InChI is InChI=1S/C23H22FN3O4S/c1-14(2)31-18-9-5-16(6-10-18)22(29)25-13-21(28)26-27-23(30)20-12-11-19(32-20)15-3-7-17(24)8-4-15/h3-12,14H,13H2,1-2H3,(H,25,29)(H,26,28)(H,27,30). The van der Waals surface area contributed by atoms with Crippen molar-refractivity contribution in [2.75, 3.05) is 6.54 Å². The van der Waals surface area contributed by atoms with Gasteiger partial charge in [0.25, 0.3) is 17.7 Å². The third-order valence-electron chi connectivity index (χ3n) is 4.17. The van der Waals surface area contributed by atoms with Crippen LogP contribution in [-0.4, -0.2) is 30.4 Å². The van der Waals surface area contributed by atoms with E-state index < -0.39 is 17.7 Å². The zero-order valence-corrected chi connectivity index (χ0v) is 18.3. The van der Waals surface area contributed by atoms with Gasteiger partial charge in [0.05, 0.1) is 17.5 Å². The van der Waals surface area contributed by atoms with Crippen molar-refractivity contribution >= 4 is 29.1 Å². The quantitative estimate of drug-likeness (QED) is 0.475. The maximum Gasteiger partial charge on any atom is 0.279 e. The Kier molecular flexibility index (Phi) is 7.56. The van der Waals surface area contributed by atoms with Crippen molar-refractivity contribution in [3.8, 4) is 16.2 Å². The molecule has 1 heterocycles. The Morgan fingerprint density at radius 3 is 2.25 bits per heavy atom. The van der Waals surface area contributed by atoms with E-state index in [-0.39, 0.29) is 18.5 Å². The van der Waals surface area contributed by atoms with Crippen molar-refractivity contribution < 1.29 is 23.5 Å². The fraction of sp³-hybridized carbons (Fsp3) is 0.174. The zero-order chi connectivity index (χ0) is 23.1. The number of rotatable bonds is 7. The van der Waals surface area contributed by atoms with Crippen LogP contribution in [0.4, 0.5) is 4.39 Å². The summed E-state index contributed by atoms with van der Waals surface area (Å²) in [4.78, 5) is 37.5. The fourth-order valence-electron chi connectivity index (χ4n) is 2.68. The van der Waals surface area contributed by atoms with Crippen molar-refractivity contribution in [2.45, 2.75) is 20.0 Å². The molecule has 0 unspecified atom stereocenters. The van der Waals surface area contributed by atoms with Crippen molar-refractivity contribution in [2.24, 2.45) is 0 Å². The van der Waals surface area contributed by atoms with Gasteiger partial charge in [0.2, 0.25) is 0 Å². The number of carbonyl (C=O) groups is 3. The fourth-order valence-corrected chi connectivity index (χ4v) is 3.59. The van der Waals surface area contributed by atoms with Gasteiger partial charge in [0.15, 0.2) is 0 Å². The first-order valence-corrected chi connectivity index (χ1v) is 10.6. The molecule has 3 amide bonds. The molecular formula is C23H22FN3O4S. The number of amides is 3. The Bertz CT molecular complexity index is 1100. The summed E-state index contributed by atoms with van der Waals surface area (Å²) < 4.78 is 18.6. The van der Waals surface area contributed by atoms with Gasteiger partial charge in [-0.1, -0.05) is 12.1 Å². The number of thiophene rings is 1. The monoisotopic (exact) mass is 455 g/mol. The highest BCUT2D eigenvalue weighted by atomic mass is 32.1. The van der Waals surface area contributed by atoms with Crippen LogP contribution >= 0.6 is 11.3 Å². The maximum atomic E-state index is 13.0. The molecule has 2 aromatic carbocycles. The van der Waals surface area contributed by atoms with E-state index in [1.54, 1.807) is 48.5 Å². The highest BCUT2D eigenvalue weighted by molar-refractivity contribution is 7.17. The van der Waals surface area contributed by atoms with Crippen LogP contribution in [-0.2, 0) is 4.79 Å². The summed E-state index contributed by atoms with van der Waals surface area (Å²) >= 11 is 1.21. The average Bonchev–Trinajstić information content (AvgIpc) is 3.27. The van der Waals surface area contributed by atoms with E-state index in [1.807, 2.05) is 13.8 Å². The summed E-state index contributed by atoms with van der Waals surface area (Å²) in [6, 6.07) is 15.8. The van der Waals surface area contributed by atoms with Crippen LogP contribution in [0.25, 0.3) is 10.4 Å². The first kappa shape index (κ1) is 23.0. The van der Waals surface area contributed by atoms with Crippen LogP contribution in [0.3, 0.4) is 0 Å². The Hall–Kier alpha value is -3.72. The minimum Gasteiger partial charge on any atom is -0.491 e. The van der Waals surface area contributed by atoms with Crippen LogP contribution in [0, 0.1) is 5.82 Å². The molecule has 9 heteroatoms. The first-order chi connectivity index (χ1) is 15.3. The Labute approximate surface area is 188 Å². The maximum absolute atomic E-state index is 13.0. The second-order valence-electron chi connectivity index (χ2n) is 7.05. The number of hydrogen-bond donors (Lipinski definition) is 3. The number of benzene rings is 2. The van der Waals surface area contributed by atoms with E-state index in [1.165, 1.54) is 23.5 Å². The third kappa shape index (κ3) is 6.39. The summed E-state index contributed by atoms with van der Waals surface area (Å²) in [6.07, 6.45) is 0.0252. The highest BCUT2D eigenvalue weighted by Gasteiger charge is 2.13. The number of carbonyl (C=O) groups excluding carboxylic acids is 3. The number of ether oxygens (including phenoxy) is 1. The molecular weight excluding hydrogens is 433 g/mol. The number of hydrazine groups is 1.